The van der Waals surface area contributed by atoms with E-state index in [2.05, 4.69) is 19.8 Å². The van der Waals surface area contributed by atoms with Crippen molar-refractivity contribution in [1.82, 2.24) is 9.62 Å². The number of anilines is 2. The summed E-state index contributed by atoms with van der Waals surface area (Å²) in [4.78, 5) is 15.2. The number of thioether (sulfide) groups is 1. The molecule has 7 rings (SSSR count). The third-order valence-electron chi connectivity index (χ3n) is 12.2. The summed E-state index contributed by atoms with van der Waals surface area (Å²) in [7, 11) is -10.3. The Balaban J connectivity index is 1.04. The Morgan fingerprint density at radius 3 is 2.26 bits per heavy atom. The van der Waals surface area contributed by atoms with E-state index in [9.17, 15) is 36.2 Å². The highest BCUT2D eigenvalue weighted by atomic mass is 35.5. The van der Waals surface area contributed by atoms with Crippen LogP contribution >= 0.6 is 41.9 Å². The van der Waals surface area contributed by atoms with Gasteiger partial charge in [0.15, 0.2) is 0 Å². The second-order valence-electron chi connectivity index (χ2n) is 16.6. The van der Waals surface area contributed by atoms with E-state index in [1.54, 1.807) is 42.6 Å². The normalized spacial score (nSPS) is 18.1. The predicted molar refractivity (Wildman–Crippen MR) is 271 cm³/mol. The van der Waals surface area contributed by atoms with Gasteiger partial charge < -0.3 is 25.0 Å². The fraction of sp³-hybridized carbons (Fsp3) is 0.367. The van der Waals surface area contributed by atoms with Gasteiger partial charge in [-0.05, 0) is 114 Å². The Morgan fingerprint density at radius 2 is 1.61 bits per heavy atom. The number of piperidine rings is 1. The number of hydrogen-bond donors (Lipinski definition) is 4. The monoisotopic (exact) mass is 1050 g/mol. The molecule has 0 spiro atoms. The molecule has 3 unspecified atom stereocenters. The third kappa shape index (κ3) is 14.0. The number of ether oxygens (including phenoxy) is 1. The van der Waals surface area contributed by atoms with Crippen LogP contribution in [-0.2, 0) is 28.2 Å². The maximum Gasteiger partial charge on any atom is 0.501 e. The van der Waals surface area contributed by atoms with Crippen molar-refractivity contribution in [3.05, 3.63) is 137 Å². The zero-order valence-electron chi connectivity index (χ0n) is 38.1. The number of nitrogens with one attached hydrogen (secondary N) is 2. The molecule has 2 heterocycles. The maximum absolute atomic E-state index is 14.4. The minimum Gasteiger partial charge on any atom is -0.380 e. The first-order valence-corrected chi connectivity index (χ1v) is 28.1. The SMILES string of the molecule is C/C=S(\NC(O)c1ccc(N2CCC([C@@H](OP(=O)(O)OC)c3ccccc3-c3ccc(Cl)cc3)CC2)cc1)c1ccc(N[C@H](CCN2CCOCC2)CSc2ccccc2)c(S(=O)(=O)C(F)(F)F)c1. The van der Waals surface area contributed by atoms with E-state index < -0.39 is 51.1 Å². The van der Waals surface area contributed by atoms with E-state index in [4.69, 9.17) is 25.4 Å². The number of halogens is 4. The highest BCUT2D eigenvalue weighted by Crippen LogP contribution is 2.52. The smallest absolute Gasteiger partial charge is 0.380 e. The molecule has 2 aliphatic heterocycles. The lowest BCUT2D eigenvalue weighted by atomic mass is 9.84. The van der Waals surface area contributed by atoms with Crippen molar-refractivity contribution >= 4 is 68.4 Å². The van der Waals surface area contributed by atoms with Crippen molar-refractivity contribution < 1.29 is 49.9 Å². The summed E-state index contributed by atoms with van der Waals surface area (Å²) < 4.78 is 102. The maximum atomic E-state index is 14.4. The Bertz CT molecular complexity index is 2660. The van der Waals surface area contributed by atoms with Crippen molar-refractivity contribution in [2.45, 2.75) is 64.8 Å². The van der Waals surface area contributed by atoms with Crippen molar-refractivity contribution in [3.8, 4) is 11.1 Å². The van der Waals surface area contributed by atoms with Crippen molar-refractivity contribution in [1.29, 1.82) is 0 Å². The van der Waals surface area contributed by atoms with Crippen LogP contribution in [0.2, 0.25) is 5.02 Å². The Hall–Kier alpha value is -3.75. The van der Waals surface area contributed by atoms with Gasteiger partial charge in [0, 0.05) is 72.1 Å². The number of nitrogens with zero attached hydrogens (tertiary/aromatic N) is 2. The summed E-state index contributed by atoms with van der Waals surface area (Å²) >= 11 is 7.70. The topological polar surface area (TPSA) is 150 Å². The number of rotatable bonds is 20. The van der Waals surface area contributed by atoms with Crippen LogP contribution in [0.1, 0.15) is 49.6 Å². The molecule has 12 nitrogen and oxygen atoms in total. The molecule has 0 amide bonds. The lowest BCUT2D eigenvalue weighted by Crippen LogP contribution is -2.39. The van der Waals surface area contributed by atoms with Gasteiger partial charge in [0.1, 0.15) is 11.1 Å². The van der Waals surface area contributed by atoms with Gasteiger partial charge >= 0.3 is 13.3 Å². The second kappa shape index (κ2) is 24.1. The molecule has 372 valence electrons. The average molecular weight is 1050 g/mol. The quantitative estimate of drug-likeness (QED) is 0.0254. The minimum absolute atomic E-state index is 0.143. The fourth-order valence-electron chi connectivity index (χ4n) is 8.41. The van der Waals surface area contributed by atoms with Crippen LogP contribution in [-0.4, -0.2) is 99.0 Å². The molecule has 5 atom stereocenters. The fourth-order valence-corrected chi connectivity index (χ4v) is 12.6. The highest BCUT2D eigenvalue weighted by Gasteiger charge is 2.48. The molecule has 0 aromatic heterocycles. The highest BCUT2D eigenvalue weighted by molar-refractivity contribution is 8.13. The van der Waals surface area contributed by atoms with Crippen LogP contribution in [0.25, 0.3) is 11.1 Å². The zero-order chi connectivity index (χ0) is 49.2. The van der Waals surface area contributed by atoms with Gasteiger partial charge in [-0.1, -0.05) is 89.0 Å². The molecule has 4 N–H and O–H groups in total. The van der Waals surface area contributed by atoms with E-state index in [0.29, 0.717) is 68.4 Å². The number of phosphoric ester groups is 1. The standard InChI is InChI=1S/C49H57ClF3N4O8PS3/c1-3-68(42-21-22-45(46(33-42)69(61,62)49(51,52)53)54-39(25-26-56-29-31-64-32-30-56)34-67-41-9-5-4-6-10-41)55-48(58)37-15-19-40(20-16-37)57-27-23-36(24-28-57)47(65-66(59,60)63-2)44-12-8-7-11-43(44)35-13-17-38(50)18-14-35/h3-22,33,36,39,47-48,54-55,58H,23-32,34H2,1-2H3,(H,59,60)/t39-,47-,48?,68?/m1/s1. The van der Waals surface area contributed by atoms with Crippen molar-refractivity contribution in [3.63, 3.8) is 0 Å². The molecule has 20 heteroatoms. The van der Waals surface area contributed by atoms with E-state index in [1.165, 1.54) is 17.8 Å². The minimum atomic E-state index is -5.80. The number of sulfone groups is 1. The largest absolute Gasteiger partial charge is 0.501 e. The van der Waals surface area contributed by atoms with Crippen LogP contribution in [0.4, 0.5) is 24.5 Å². The summed E-state index contributed by atoms with van der Waals surface area (Å²) in [6, 6.07) is 35.4. The lowest BCUT2D eigenvalue weighted by Gasteiger charge is -2.38. The molecular weight excluding hydrogens is 992 g/mol. The molecule has 0 bridgehead atoms. The number of benzene rings is 5. The van der Waals surface area contributed by atoms with Crippen LogP contribution in [0.15, 0.2) is 136 Å². The Kier molecular flexibility index (Phi) is 18.5. The molecule has 2 aliphatic rings. The molecule has 2 fully saturated rings. The first kappa shape index (κ1) is 53.1. The molecule has 0 aliphatic carbocycles. The number of aliphatic hydroxyl groups is 1. The van der Waals surface area contributed by atoms with E-state index >= 15 is 0 Å². The number of morpholine rings is 1. The summed E-state index contributed by atoms with van der Waals surface area (Å²) in [5, 5.41) is 16.9. The Labute approximate surface area is 414 Å². The number of aliphatic hydroxyl groups excluding tert-OH is 1. The summed E-state index contributed by atoms with van der Waals surface area (Å²) in [5.41, 5.74) is -1.87. The van der Waals surface area contributed by atoms with Crippen molar-refractivity contribution in [2.24, 2.45) is 5.92 Å². The van der Waals surface area contributed by atoms with Gasteiger partial charge in [0.25, 0.3) is 9.84 Å². The van der Waals surface area contributed by atoms with Crippen LogP contribution in [0, 0.1) is 5.92 Å². The summed E-state index contributed by atoms with van der Waals surface area (Å²) in [6.45, 7) is 6.17. The number of alkyl halides is 3. The molecule has 5 aromatic rings. The summed E-state index contributed by atoms with van der Waals surface area (Å²) in [5.74, 6) is 0.329. The van der Waals surface area contributed by atoms with E-state index in [1.807, 2.05) is 78.9 Å². The summed E-state index contributed by atoms with van der Waals surface area (Å²) in [6.07, 6.45) is -0.242. The van der Waals surface area contributed by atoms with Gasteiger partial charge in [0.2, 0.25) is 0 Å². The molecule has 5 aromatic carbocycles. The lowest BCUT2D eigenvalue weighted by molar-refractivity contribution is -0.0435. The van der Waals surface area contributed by atoms with E-state index in [-0.39, 0.29) is 22.5 Å². The van der Waals surface area contributed by atoms with Gasteiger partial charge in [-0.2, -0.15) is 13.2 Å². The van der Waals surface area contributed by atoms with Crippen LogP contribution in [0.5, 0.6) is 0 Å². The van der Waals surface area contributed by atoms with Crippen LogP contribution in [0.3, 0.4) is 0 Å². The number of phosphoric acid groups is 1. The first-order valence-electron chi connectivity index (χ1n) is 22.5. The number of hydrogen-bond acceptors (Lipinski definition) is 12. The third-order valence-corrected chi connectivity index (χ3v) is 17.8. The van der Waals surface area contributed by atoms with Gasteiger partial charge in [-0.25, -0.2) is 17.7 Å². The molecule has 0 radical (unpaired) electrons. The van der Waals surface area contributed by atoms with Crippen LogP contribution < -0.4 is 14.9 Å². The Morgan fingerprint density at radius 1 is 0.942 bits per heavy atom. The molecule has 69 heavy (non-hydrogen) atoms. The molecule has 2 saturated heterocycles. The van der Waals surface area contributed by atoms with Gasteiger partial charge in [-0.15, -0.1) is 11.8 Å². The first-order chi connectivity index (χ1) is 33.0. The van der Waals surface area contributed by atoms with Gasteiger partial charge in [-0.3, -0.25) is 13.9 Å². The molecule has 0 saturated carbocycles. The van der Waals surface area contributed by atoms with Gasteiger partial charge in [0.05, 0.1) is 25.0 Å². The predicted octanol–water partition coefficient (Wildman–Crippen LogP) is 11.0. The molecular formula is C49H57ClF3N4O8PS3. The van der Waals surface area contributed by atoms with E-state index in [0.717, 1.165) is 53.5 Å². The second-order valence-corrected chi connectivity index (χ2v) is 23.4. The van der Waals surface area contributed by atoms with Crippen molar-refractivity contribution in [2.75, 3.05) is 69.0 Å². The zero-order valence-corrected chi connectivity index (χ0v) is 42.2. The average Bonchev–Trinajstić information content (AvgIpc) is 3.36.